The molecule has 0 atom stereocenters. The summed E-state index contributed by atoms with van der Waals surface area (Å²) in [5, 5.41) is 11.0. The van der Waals surface area contributed by atoms with Crippen molar-refractivity contribution >= 4 is 27.5 Å². The monoisotopic (exact) mass is 289 g/mol. The maximum atomic E-state index is 10.5. The Kier molecular flexibility index (Phi) is 3.33. The second-order valence-corrected chi connectivity index (χ2v) is 5.40. The molecule has 0 amide bonds. The molecule has 0 radical (unpaired) electrons. The standard InChI is InChI=1S/C11H13BrClNO/c12-8-6-9(13)10(14-7-8)11(15)4-2-1-3-5-11/h6-7,15H,1-5H2. The predicted octanol–water partition coefficient (Wildman–Crippen LogP) is 3.65. The van der Waals surface area contributed by atoms with E-state index in [1.165, 1.54) is 6.42 Å². The van der Waals surface area contributed by atoms with E-state index in [0.717, 1.165) is 30.2 Å². The molecule has 1 aliphatic carbocycles. The lowest BCUT2D eigenvalue weighted by Crippen LogP contribution is -2.29. The fourth-order valence-corrected chi connectivity index (χ4v) is 2.94. The molecule has 1 aliphatic rings. The van der Waals surface area contributed by atoms with Crippen LogP contribution in [0.4, 0.5) is 0 Å². The van der Waals surface area contributed by atoms with Gasteiger partial charge in [0, 0.05) is 10.7 Å². The van der Waals surface area contributed by atoms with Gasteiger partial charge in [-0.2, -0.15) is 0 Å². The molecular formula is C11H13BrClNO. The van der Waals surface area contributed by atoms with Crippen LogP contribution in [-0.4, -0.2) is 10.1 Å². The highest BCUT2D eigenvalue weighted by Crippen LogP contribution is 2.39. The first-order valence-corrected chi connectivity index (χ1v) is 6.33. The fourth-order valence-electron chi connectivity index (χ4n) is 2.13. The third-order valence-electron chi connectivity index (χ3n) is 2.93. The topological polar surface area (TPSA) is 33.1 Å². The first kappa shape index (κ1) is 11.4. The molecule has 2 nitrogen and oxygen atoms in total. The summed E-state index contributed by atoms with van der Waals surface area (Å²) in [6.07, 6.45) is 6.50. The lowest BCUT2D eigenvalue weighted by atomic mass is 9.82. The molecule has 82 valence electrons. The van der Waals surface area contributed by atoms with Crippen molar-refractivity contribution in [2.75, 3.05) is 0 Å². The van der Waals surface area contributed by atoms with E-state index in [4.69, 9.17) is 11.6 Å². The van der Waals surface area contributed by atoms with Crippen LogP contribution in [0.25, 0.3) is 0 Å². The summed E-state index contributed by atoms with van der Waals surface area (Å²) in [7, 11) is 0. The van der Waals surface area contributed by atoms with Crippen LogP contribution in [0.5, 0.6) is 0 Å². The summed E-state index contributed by atoms with van der Waals surface area (Å²) >= 11 is 9.41. The smallest absolute Gasteiger partial charge is 0.108 e. The highest BCUT2D eigenvalue weighted by molar-refractivity contribution is 9.10. The minimum Gasteiger partial charge on any atom is -0.383 e. The summed E-state index contributed by atoms with van der Waals surface area (Å²) < 4.78 is 0.843. The molecule has 0 aromatic carbocycles. The third-order valence-corrected chi connectivity index (χ3v) is 3.65. The largest absolute Gasteiger partial charge is 0.383 e. The Morgan fingerprint density at radius 1 is 1.33 bits per heavy atom. The van der Waals surface area contributed by atoms with Crippen molar-refractivity contribution in [3.05, 3.63) is 27.5 Å². The van der Waals surface area contributed by atoms with Crippen molar-refractivity contribution in [1.82, 2.24) is 4.98 Å². The van der Waals surface area contributed by atoms with E-state index in [0.29, 0.717) is 10.7 Å². The first-order chi connectivity index (χ1) is 7.12. The number of aliphatic hydroxyl groups is 1. The molecule has 0 unspecified atom stereocenters. The zero-order valence-electron chi connectivity index (χ0n) is 8.34. The van der Waals surface area contributed by atoms with Crippen LogP contribution in [0.1, 0.15) is 37.8 Å². The van der Waals surface area contributed by atoms with Gasteiger partial charge in [-0.3, -0.25) is 4.98 Å². The van der Waals surface area contributed by atoms with Gasteiger partial charge in [0.1, 0.15) is 5.60 Å². The van der Waals surface area contributed by atoms with Crippen LogP contribution in [-0.2, 0) is 5.60 Å². The van der Waals surface area contributed by atoms with E-state index in [1.54, 1.807) is 12.3 Å². The highest BCUT2D eigenvalue weighted by atomic mass is 79.9. The Morgan fingerprint density at radius 2 is 2.00 bits per heavy atom. The summed E-state index contributed by atoms with van der Waals surface area (Å²) in [5.74, 6) is 0. The molecule has 2 rings (SSSR count). The molecule has 1 fully saturated rings. The Bertz CT molecular complexity index is 364. The third kappa shape index (κ3) is 2.35. The molecular weight excluding hydrogens is 277 g/mol. The molecule has 0 spiro atoms. The molecule has 1 aromatic heterocycles. The number of nitrogens with zero attached hydrogens (tertiary/aromatic N) is 1. The second-order valence-electron chi connectivity index (χ2n) is 4.08. The number of hydrogen-bond donors (Lipinski definition) is 1. The van der Waals surface area contributed by atoms with Gasteiger partial charge < -0.3 is 5.11 Å². The number of halogens is 2. The molecule has 1 saturated carbocycles. The van der Waals surface area contributed by atoms with Crippen LogP contribution in [0, 0.1) is 0 Å². The normalized spacial score (nSPS) is 20.2. The molecule has 0 saturated heterocycles. The van der Waals surface area contributed by atoms with Crippen molar-refractivity contribution in [3.8, 4) is 0 Å². The van der Waals surface area contributed by atoms with Gasteiger partial charge in [0.15, 0.2) is 0 Å². The van der Waals surface area contributed by atoms with Crippen molar-refractivity contribution in [2.24, 2.45) is 0 Å². The average Bonchev–Trinajstić information content (AvgIpc) is 2.18. The number of rotatable bonds is 1. The molecule has 4 heteroatoms. The maximum absolute atomic E-state index is 10.5. The number of aromatic nitrogens is 1. The molecule has 15 heavy (non-hydrogen) atoms. The van der Waals surface area contributed by atoms with E-state index < -0.39 is 5.60 Å². The van der Waals surface area contributed by atoms with Crippen molar-refractivity contribution < 1.29 is 5.11 Å². The van der Waals surface area contributed by atoms with Gasteiger partial charge in [-0.15, -0.1) is 0 Å². The lowest BCUT2D eigenvalue weighted by molar-refractivity contribution is -0.00453. The minimum atomic E-state index is -0.809. The summed E-state index contributed by atoms with van der Waals surface area (Å²) in [4.78, 5) is 4.24. The van der Waals surface area contributed by atoms with Crippen LogP contribution in [0.15, 0.2) is 16.7 Å². The Hall–Kier alpha value is -0.120. The van der Waals surface area contributed by atoms with Gasteiger partial charge in [0.05, 0.1) is 10.7 Å². The van der Waals surface area contributed by atoms with Crippen molar-refractivity contribution in [3.63, 3.8) is 0 Å². The van der Waals surface area contributed by atoms with E-state index >= 15 is 0 Å². The Labute approximate surface area is 103 Å². The highest BCUT2D eigenvalue weighted by Gasteiger charge is 2.34. The van der Waals surface area contributed by atoms with Gasteiger partial charge in [0.25, 0.3) is 0 Å². The fraction of sp³-hybridized carbons (Fsp3) is 0.545. The summed E-state index contributed by atoms with van der Waals surface area (Å²) in [5.41, 5.74) is -0.178. The average molecular weight is 291 g/mol. The number of pyridine rings is 1. The number of hydrogen-bond acceptors (Lipinski definition) is 2. The first-order valence-electron chi connectivity index (χ1n) is 5.16. The SMILES string of the molecule is OC1(c2ncc(Br)cc2Cl)CCCCC1. The van der Waals surface area contributed by atoms with Crippen LogP contribution < -0.4 is 0 Å². The van der Waals surface area contributed by atoms with Crippen LogP contribution in [0.2, 0.25) is 5.02 Å². The van der Waals surface area contributed by atoms with E-state index in [1.807, 2.05) is 0 Å². The lowest BCUT2D eigenvalue weighted by Gasteiger charge is -2.32. The molecule has 1 N–H and O–H groups in total. The van der Waals surface area contributed by atoms with Crippen LogP contribution >= 0.6 is 27.5 Å². The minimum absolute atomic E-state index is 0.550. The zero-order chi connectivity index (χ0) is 10.9. The Balaban J connectivity index is 2.35. The van der Waals surface area contributed by atoms with E-state index in [2.05, 4.69) is 20.9 Å². The quantitative estimate of drug-likeness (QED) is 0.856. The van der Waals surface area contributed by atoms with Gasteiger partial charge in [-0.1, -0.05) is 30.9 Å². The summed E-state index contributed by atoms with van der Waals surface area (Å²) in [6, 6.07) is 1.79. The van der Waals surface area contributed by atoms with Gasteiger partial charge in [-0.25, -0.2) is 0 Å². The van der Waals surface area contributed by atoms with Crippen molar-refractivity contribution in [1.29, 1.82) is 0 Å². The zero-order valence-corrected chi connectivity index (χ0v) is 10.7. The van der Waals surface area contributed by atoms with Crippen molar-refractivity contribution in [2.45, 2.75) is 37.7 Å². The molecule has 0 bridgehead atoms. The van der Waals surface area contributed by atoms with Crippen LogP contribution in [0.3, 0.4) is 0 Å². The van der Waals surface area contributed by atoms with E-state index in [-0.39, 0.29) is 0 Å². The Morgan fingerprint density at radius 3 is 2.60 bits per heavy atom. The van der Waals surface area contributed by atoms with Gasteiger partial charge in [-0.05, 0) is 34.8 Å². The summed E-state index contributed by atoms with van der Waals surface area (Å²) in [6.45, 7) is 0. The predicted molar refractivity (Wildman–Crippen MR) is 63.9 cm³/mol. The second kappa shape index (κ2) is 4.40. The van der Waals surface area contributed by atoms with E-state index in [9.17, 15) is 5.11 Å². The molecule has 1 aromatic rings. The maximum Gasteiger partial charge on any atom is 0.108 e. The van der Waals surface area contributed by atoms with Gasteiger partial charge >= 0.3 is 0 Å². The molecule has 1 heterocycles. The molecule has 0 aliphatic heterocycles. The van der Waals surface area contributed by atoms with Gasteiger partial charge in [0.2, 0.25) is 0 Å².